The van der Waals surface area contributed by atoms with Gasteiger partial charge in [-0.15, -0.1) is 0 Å². The molecule has 0 saturated heterocycles. The van der Waals surface area contributed by atoms with Gasteiger partial charge in [0, 0.05) is 25.7 Å². The van der Waals surface area contributed by atoms with E-state index in [1.165, 1.54) is 238 Å². The van der Waals surface area contributed by atoms with Crippen LogP contribution in [0, 0.1) is 5.92 Å². The molecular weight excluding hydrogens is 1350 g/mol. The van der Waals surface area contributed by atoms with E-state index in [4.69, 9.17) is 37.0 Å². The number of ether oxygens (including phenoxy) is 4. The van der Waals surface area contributed by atoms with Crippen LogP contribution >= 0.6 is 15.6 Å². The molecule has 17 nitrogen and oxygen atoms in total. The lowest BCUT2D eigenvalue weighted by atomic mass is 10.0. The van der Waals surface area contributed by atoms with E-state index in [1.807, 2.05) is 0 Å². The van der Waals surface area contributed by atoms with Crippen LogP contribution in [0.4, 0.5) is 0 Å². The van der Waals surface area contributed by atoms with Crippen molar-refractivity contribution in [1.29, 1.82) is 0 Å². The van der Waals surface area contributed by atoms with Crippen molar-refractivity contribution in [2.24, 2.45) is 5.92 Å². The van der Waals surface area contributed by atoms with Gasteiger partial charge in [-0.05, 0) is 57.3 Å². The van der Waals surface area contributed by atoms with Crippen LogP contribution < -0.4 is 0 Å². The number of carbonyl (C=O) groups is 4. The molecule has 0 aliphatic rings. The molecule has 0 fully saturated rings. The predicted molar refractivity (Wildman–Crippen MR) is 428 cm³/mol. The first-order valence-corrected chi connectivity index (χ1v) is 46.4. The Hall–Kier alpha value is -2.46. The molecule has 104 heavy (non-hydrogen) atoms. The lowest BCUT2D eigenvalue weighted by Gasteiger charge is -2.21. The van der Waals surface area contributed by atoms with Gasteiger partial charge in [0.05, 0.1) is 26.4 Å². The van der Waals surface area contributed by atoms with E-state index in [1.54, 1.807) is 0 Å². The van der Waals surface area contributed by atoms with Crippen LogP contribution in [0.2, 0.25) is 0 Å². The summed E-state index contributed by atoms with van der Waals surface area (Å²) in [5.74, 6) is -1.31. The molecule has 0 bridgehead atoms. The van der Waals surface area contributed by atoms with Crippen LogP contribution in [0.3, 0.4) is 0 Å². The molecule has 0 spiro atoms. The van der Waals surface area contributed by atoms with Gasteiger partial charge in [0.2, 0.25) is 0 Å². The lowest BCUT2D eigenvalue weighted by Crippen LogP contribution is -2.30. The summed E-state index contributed by atoms with van der Waals surface area (Å²) in [5.41, 5.74) is 0. The van der Waals surface area contributed by atoms with Crippen molar-refractivity contribution >= 4 is 39.5 Å². The van der Waals surface area contributed by atoms with Gasteiger partial charge in [-0.1, -0.05) is 380 Å². The third kappa shape index (κ3) is 77.7. The third-order valence-electron chi connectivity index (χ3n) is 19.4. The fraction of sp³-hybridized carbons (Fsp3) is 0.906. The first-order chi connectivity index (χ1) is 50.5. The van der Waals surface area contributed by atoms with Crippen molar-refractivity contribution in [3.8, 4) is 0 Å². The molecule has 19 heteroatoms. The number of allylic oxidation sites excluding steroid dienone is 4. The Morgan fingerprint density at radius 2 is 0.519 bits per heavy atom. The van der Waals surface area contributed by atoms with Gasteiger partial charge in [0.1, 0.15) is 19.3 Å². The fourth-order valence-corrected chi connectivity index (χ4v) is 14.3. The number of hydrogen-bond acceptors (Lipinski definition) is 15. The van der Waals surface area contributed by atoms with Crippen molar-refractivity contribution in [3.05, 3.63) is 24.3 Å². The molecule has 0 radical (unpaired) electrons. The van der Waals surface area contributed by atoms with Gasteiger partial charge < -0.3 is 33.8 Å². The van der Waals surface area contributed by atoms with Crippen molar-refractivity contribution in [2.75, 3.05) is 39.6 Å². The third-order valence-corrected chi connectivity index (χ3v) is 21.3. The van der Waals surface area contributed by atoms with Crippen LogP contribution in [-0.2, 0) is 65.4 Å². The quantitative estimate of drug-likeness (QED) is 0.0169. The van der Waals surface area contributed by atoms with Crippen LogP contribution in [0.1, 0.15) is 433 Å². The van der Waals surface area contributed by atoms with Crippen molar-refractivity contribution < 1.29 is 80.2 Å². The maximum absolute atomic E-state index is 13.1. The van der Waals surface area contributed by atoms with Gasteiger partial charge in [0.25, 0.3) is 0 Å². The predicted octanol–water partition coefficient (Wildman–Crippen LogP) is 25.5. The number of unbranched alkanes of at least 4 members (excludes halogenated alkanes) is 52. The average molecular weight is 1520 g/mol. The van der Waals surface area contributed by atoms with Crippen molar-refractivity contribution in [1.82, 2.24) is 0 Å². The zero-order chi connectivity index (χ0) is 76.2. The molecule has 0 amide bonds. The van der Waals surface area contributed by atoms with Crippen molar-refractivity contribution in [3.63, 3.8) is 0 Å². The smallest absolute Gasteiger partial charge is 0.462 e. The Labute approximate surface area is 637 Å². The summed E-state index contributed by atoms with van der Waals surface area (Å²) in [6, 6.07) is 0. The monoisotopic (exact) mass is 1520 g/mol. The highest BCUT2D eigenvalue weighted by molar-refractivity contribution is 7.47. The van der Waals surface area contributed by atoms with E-state index in [-0.39, 0.29) is 25.7 Å². The number of aliphatic hydroxyl groups excluding tert-OH is 1. The maximum atomic E-state index is 13.1. The molecule has 0 aromatic carbocycles. The molecule has 0 heterocycles. The first-order valence-electron chi connectivity index (χ1n) is 43.5. The standard InChI is InChI=1S/C85H162O17P2/c1-6-9-12-15-18-21-24-27-33-39-44-49-54-59-64-69-83(88)96-75-81(102-85(90)71-66-61-56-51-46-41-36-32-30-29-31-35-38-42-47-52-57-62-67-78(4)5)77-100-104(93,94)98-73-79(86)72-97-103(91,92)99-76-80(74-95-82(87)68-63-58-53-48-43-37-26-23-20-17-14-11-8-3)101-84(89)70-65-60-55-50-45-40-34-28-25-22-19-16-13-10-7-2/h21,24,27,33,78-81,86H,6-20,22-23,25-26,28-32,34-77H2,1-5H3,(H,91,92)(H,93,94)/b24-21-,33-27-/t79-,80+,81+/m0/s1. The van der Waals surface area contributed by atoms with E-state index < -0.39 is 97.5 Å². The number of phosphoric ester groups is 2. The average Bonchev–Trinajstić information content (AvgIpc) is 0.912. The number of esters is 4. The number of aliphatic hydroxyl groups is 1. The van der Waals surface area contributed by atoms with Crippen LogP contribution in [0.15, 0.2) is 24.3 Å². The number of hydrogen-bond donors (Lipinski definition) is 3. The van der Waals surface area contributed by atoms with E-state index in [9.17, 15) is 43.2 Å². The minimum Gasteiger partial charge on any atom is -0.462 e. The van der Waals surface area contributed by atoms with Gasteiger partial charge in [0.15, 0.2) is 12.2 Å². The SMILES string of the molecule is CCCCCC/C=C\C=C/CCCCCCCC(=O)OC[C@H](COP(=O)(O)OC[C@@H](O)COP(=O)(O)OC[C@@H](COC(=O)CCCCCCCCCCCCCCC)OC(=O)CCCCCCCCCCCCCCCCC)OC(=O)CCCCCCCCCCCCCCCCCCCCC(C)C. The van der Waals surface area contributed by atoms with Crippen LogP contribution in [0.25, 0.3) is 0 Å². The Kier molecular flexibility index (Phi) is 75.4. The summed E-state index contributed by atoms with van der Waals surface area (Å²) in [5, 5.41) is 10.7. The molecule has 0 saturated carbocycles. The number of phosphoric acid groups is 2. The molecule has 0 aliphatic carbocycles. The van der Waals surface area contributed by atoms with Gasteiger partial charge in [-0.3, -0.25) is 37.3 Å². The molecule has 2 unspecified atom stereocenters. The normalized spacial score (nSPS) is 13.9. The topological polar surface area (TPSA) is 237 Å². The van der Waals surface area contributed by atoms with Crippen LogP contribution in [-0.4, -0.2) is 96.7 Å². The summed E-state index contributed by atoms with van der Waals surface area (Å²) in [6.45, 7) is 7.33. The zero-order valence-electron chi connectivity index (χ0n) is 67.7. The fourth-order valence-electron chi connectivity index (χ4n) is 12.8. The molecule has 0 aromatic rings. The largest absolute Gasteiger partial charge is 0.472 e. The Morgan fingerprint density at radius 1 is 0.298 bits per heavy atom. The summed E-state index contributed by atoms with van der Waals surface area (Å²) in [4.78, 5) is 73.2. The highest BCUT2D eigenvalue weighted by Gasteiger charge is 2.30. The summed E-state index contributed by atoms with van der Waals surface area (Å²) >= 11 is 0. The minimum atomic E-state index is -4.97. The Balaban J connectivity index is 5.28. The van der Waals surface area contributed by atoms with Gasteiger partial charge >= 0.3 is 39.5 Å². The van der Waals surface area contributed by atoms with E-state index in [2.05, 4.69) is 58.9 Å². The van der Waals surface area contributed by atoms with E-state index >= 15 is 0 Å². The maximum Gasteiger partial charge on any atom is 0.472 e. The second-order valence-electron chi connectivity index (χ2n) is 30.4. The minimum absolute atomic E-state index is 0.102. The van der Waals surface area contributed by atoms with E-state index in [0.717, 1.165) is 115 Å². The lowest BCUT2D eigenvalue weighted by molar-refractivity contribution is -0.161. The molecule has 614 valence electrons. The Morgan fingerprint density at radius 3 is 0.788 bits per heavy atom. The highest BCUT2D eigenvalue weighted by atomic mass is 31.2. The molecule has 0 aliphatic heterocycles. The number of rotatable bonds is 83. The molecule has 5 atom stereocenters. The zero-order valence-corrected chi connectivity index (χ0v) is 69.4. The number of carbonyl (C=O) groups excluding carboxylic acids is 4. The summed E-state index contributed by atoms with van der Waals surface area (Å²) < 4.78 is 68.8. The van der Waals surface area contributed by atoms with Gasteiger partial charge in [-0.25, -0.2) is 9.13 Å². The second kappa shape index (κ2) is 77.3. The van der Waals surface area contributed by atoms with Crippen molar-refractivity contribution in [2.45, 2.75) is 451 Å². The first kappa shape index (κ1) is 102. The van der Waals surface area contributed by atoms with E-state index in [0.29, 0.717) is 25.7 Å². The summed E-state index contributed by atoms with van der Waals surface area (Å²) in [7, 11) is -9.94. The van der Waals surface area contributed by atoms with Crippen LogP contribution in [0.5, 0.6) is 0 Å². The molecule has 0 aromatic heterocycles. The second-order valence-corrected chi connectivity index (χ2v) is 33.3. The highest BCUT2D eigenvalue weighted by Crippen LogP contribution is 2.45. The molecule has 3 N–H and O–H groups in total. The summed E-state index contributed by atoms with van der Waals surface area (Å²) in [6.07, 6.45) is 72.9. The molecule has 0 rings (SSSR count). The van der Waals surface area contributed by atoms with Gasteiger partial charge in [-0.2, -0.15) is 0 Å². The molecular formula is C85H162O17P2. The Bertz CT molecular complexity index is 2070.